The molecule has 128 valence electrons. The minimum absolute atomic E-state index is 0.00735. The van der Waals surface area contributed by atoms with Crippen LogP contribution in [-0.2, 0) is 7.05 Å². The molecule has 25 heavy (non-hydrogen) atoms. The van der Waals surface area contributed by atoms with Crippen molar-refractivity contribution in [1.29, 1.82) is 0 Å². The number of hydrogen-bond donors (Lipinski definition) is 0. The van der Waals surface area contributed by atoms with Gasteiger partial charge in [-0.25, -0.2) is 4.39 Å². The van der Waals surface area contributed by atoms with Crippen molar-refractivity contribution in [3.8, 4) is 11.4 Å². The molecule has 1 atom stereocenters. The van der Waals surface area contributed by atoms with E-state index in [0.29, 0.717) is 22.1 Å². The molecular formula is C18H15BrFN3OS. The summed E-state index contributed by atoms with van der Waals surface area (Å²) >= 11 is 4.66. The van der Waals surface area contributed by atoms with Gasteiger partial charge in [0.25, 0.3) is 0 Å². The average Bonchev–Trinajstić information content (AvgIpc) is 2.96. The molecule has 1 aromatic heterocycles. The number of hydrogen-bond acceptors (Lipinski definition) is 4. The number of benzene rings is 2. The molecule has 0 amide bonds. The normalized spacial score (nSPS) is 12.2. The lowest BCUT2D eigenvalue weighted by molar-refractivity contribution is 0.0994. The standard InChI is InChI=1S/C18H15BrFN3OS/c1-11(16(24)12-7-9-13(19)10-8-12)25-18-22-21-17(23(18)2)14-5-3-4-6-15(14)20/h3-11H,1-2H3. The van der Waals surface area contributed by atoms with Crippen LogP contribution in [0.2, 0.25) is 0 Å². The minimum atomic E-state index is -0.353. The second-order valence-corrected chi connectivity index (χ2v) is 7.70. The predicted octanol–water partition coefficient (Wildman–Crippen LogP) is 4.75. The lowest BCUT2D eigenvalue weighted by Crippen LogP contribution is -2.14. The Balaban J connectivity index is 1.81. The summed E-state index contributed by atoms with van der Waals surface area (Å²) in [6.45, 7) is 1.83. The summed E-state index contributed by atoms with van der Waals surface area (Å²) < 4.78 is 16.6. The Morgan fingerprint density at radius 3 is 2.52 bits per heavy atom. The first-order valence-corrected chi connectivity index (χ1v) is 9.25. The molecule has 0 saturated heterocycles. The van der Waals surface area contributed by atoms with Gasteiger partial charge in [-0.1, -0.05) is 52.0 Å². The van der Waals surface area contributed by atoms with E-state index in [2.05, 4.69) is 26.1 Å². The maximum Gasteiger partial charge on any atom is 0.191 e. The first-order chi connectivity index (χ1) is 12.0. The molecule has 7 heteroatoms. The zero-order valence-electron chi connectivity index (χ0n) is 13.6. The molecule has 0 N–H and O–H groups in total. The number of Topliss-reactive ketones (excluding diaryl/α,β-unsaturated/α-hetero) is 1. The highest BCUT2D eigenvalue weighted by Crippen LogP contribution is 2.28. The monoisotopic (exact) mass is 419 g/mol. The van der Waals surface area contributed by atoms with Crippen molar-refractivity contribution in [3.63, 3.8) is 0 Å². The van der Waals surface area contributed by atoms with Crippen LogP contribution < -0.4 is 0 Å². The van der Waals surface area contributed by atoms with Gasteiger partial charge in [0.2, 0.25) is 0 Å². The number of rotatable bonds is 5. The fourth-order valence-corrected chi connectivity index (χ4v) is 3.51. The Bertz CT molecular complexity index is 911. The Hall–Kier alpha value is -1.99. The van der Waals surface area contributed by atoms with Crippen molar-refractivity contribution in [2.45, 2.75) is 17.3 Å². The van der Waals surface area contributed by atoms with Crippen molar-refractivity contribution in [2.24, 2.45) is 7.05 Å². The van der Waals surface area contributed by atoms with Crippen LogP contribution in [0, 0.1) is 5.82 Å². The number of aromatic nitrogens is 3. The highest BCUT2D eigenvalue weighted by atomic mass is 79.9. The highest BCUT2D eigenvalue weighted by Gasteiger charge is 2.21. The van der Waals surface area contributed by atoms with Gasteiger partial charge < -0.3 is 4.57 Å². The molecule has 1 heterocycles. The van der Waals surface area contributed by atoms with Gasteiger partial charge in [0, 0.05) is 17.1 Å². The van der Waals surface area contributed by atoms with Crippen LogP contribution in [0.5, 0.6) is 0 Å². The van der Waals surface area contributed by atoms with Crippen molar-refractivity contribution < 1.29 is 9.18 Å². The predicted molar refractivity (Wildman–Crippen MR) is 100 cm³/mol. The number of carbonyl (C=O) groups excluding carboxylic acids is 1. The number of carbonyl (C=O) groups is 1. The van der Waals surface area contributed by atoms with E-state index < -0.39 is 0 Å². The molecule has 0 aliphatic rings. The van der Waals surface area contributed by atoms with Crippen LogP contribution in [0.4, 0.5) is 4.39 Å². The first-order valence-electron chi connectivity index (χ1n) is 7.58. The SMILES string of the molecule is CC(Sc1nnc(-c2ccccc2F)n1C)C(=O)c1ccc(Br)cc1. The second kappa shape index (κ2) is 7.49. The topological polar surface area (TPSA) is 47.8 Å². The van der Waals surface area contributed by atoms with Gasteiger partial charge in [-0.15, -0.1) is 10.2 Å². The van der Waals surface area contributed by atoms with E-state index >= 15 is 0 Å². The van der Waals surface area contributed by atoms with Crippen LogP contribution in [0.15, 0.2) is 58.2 Å². The summed E-state index contributed by atoms with van der Waals surface area (Å²) in [5.41, 5.74) is 1.02. The fraction of sp³-hybridized carbons (Fsp3) is 0.167. The number of ketones is 1. The summed E-state index contributed by atoms with van der Waals surface area (Å²) in [5.74, 6) is 0.0883. The maximum atomic E-state index is 14.0. The van der Waals surface area contributed by atoms with Gasteiger partial charge in [-0.2, -0.15) is 0 Å². The van der Waals surface area contributed by atoms with Crippen LogP contribution >= 0.6 is 27.7 Å². The van der Waals surface area contributed by atoms with Crippen LogP contribution in [0.25, 0.3) is 11.4 Å². The molecule has 0 aliphatic carbocycles. The molecule has 4 nitrogen and oxygen atoms in total. The van der Waals surface area contributed by atoms with Gasteiger partial charge in [-0.3, -0.25) is 4.79 Å². The number of thioether (sulfide) groups is 1. The van der Waals surface area contributed by atoms with Gasteiger partial charge in [0.15, 0.2) is 16.8 Å². The number of halogens is 2. The Kier molecular flexibility index (Phi) is 5.34. The molecule has 0 bridgehead atoms. The summed E-state index contributed by atoms with van der Waals surface area (Å²) in [7, 11) is 1.76. The molecular weight excluding hydrogens is 405 g/mol. The summed E-state index contributed by atoms with van der Waals surface area (Å²) in [6, 6.07) is 13.7. The van der Waals surface area contributed by atoms with Crippen molar-refractivity contribution in [1.82, 2.24) is 14.8 Å². The highest BCUT2D eigenvalue weighted by molar-refractivity contribution is 9.10. The summed E-state index contributed by atoms with van der Waals surface area (Å²) in [4.78, 5) is 12.5. The third kappa shape index (κ3) is 3.82. The minimum Gasteiger partial charge on any atom is -0.305 e. The molecule has 0 spiro atoms. The Labute approximate surface area is 157 Å². The third-order valence-electron chi connectivity index (χ3n) is 3.73. The average molecular weight is 420 g/mol. The lowest BCUT2D eigenvalue weighted by atomic mass is 10.1. The maximum absolute atomic E-state index is 14.0. The van der Waals surface area contributed by atoms with E-state index in [0.717, 1.165) is 4.47 Å². The second-order valence-electron chi connectivity index (χ2n) is 5.48. The fourth-order valence-electron chi connectivity index (χ4n) is 2.36. The van der Waals surface area contributed by atoms with E-state index in [1.54, 1.807) is 41.9 Å². The molecule has 0 fully saturated rings. The van der Waals surface area contributed by atoms with E-state index in [-0.39, 0.29) is 16.9 Å². The molecule has 0 radical (unpaired) electrons. The largest absolute Gasteiger partial charge is 0.305 e. The lowest BCUT2D eigenvalue weighted by Gasteiger charge is -2.10. The van der Waals surface area contributed by atoms with Crippen molar-refractivity contribution in [3.05, 3.63) is 64.4 Å². The number of nitrogens with zero attached hydrogens (tertiary/aromatic N) is 3. The van der Waals surface area contributed by atoms with Crippen LogP contribution in [-0.4, -0.2) is 25.8 Å². The molecule has 2 aromatic carbocycles. The smallest absolute Gasteiger partial charge is 0.191 e. The molecule has 1 unspecified atom stereocenters. The molecule has 3 aromatic rings. The third-order valence-corrected chi connectivity index (χ3v) is 5.39. The van der Waals surface area contributed by atoms with Crippen molar-refractivity contribution in [2.75, 3.05) is 0 Å². The van der Waals surface area contributed by atoms with Gasteiger partial charge in [0.05, 0.1) is 10.8 Å². The van der Waals surface area contributed by atoms with E-state index in [1.165, 1.54) is 17.8 Å². The van der Waals surface area contributed by atoms with Gasteiger partial charge >= 0.3 is 0 Å². The van der Waals surface area contributed by atoms with Gasteiger partial charge in [-0.05, 0) is 31.2 Å². The Morgan fingerprint density at radius 2 is 1.84 bits per heavy atom. The van der Waals surface area contributed by atoms with Crippen LogP contribution in [0.3, 0.4) is 0 Å². The van der Waals surface area contributed by atoms with E-state index in [9.17, 15) is 9.18 Å². The van der Waals surface area contributed by atoms with E-state index in [1.807, 2.05) is 19.1 Å². The van der Waals surface area contributed by atoms with Crippen molar-refractivity contribution >= 4 is 33.5 Å². The summed E-state index contributed by atoms with van der Waals surface area (Å²) in [5, 5.41) is 8.42. The zero-order valence-corrected chi connectivity index (χ0v) is 16.0. The zero-order chi connectivity index (χ0) is 18.0. The van der Waals surface area contributed by atoms with E-state index in [4.69, 9.17) is 0 Å². The summed E-state index contributed by atoms with van der Waals surface area (Å²) in [6.07, 6.45) is 0. The first kappa shape index (κ1) is 17.8. The van der Waals surface area contributed by atoms with Gasteiger partial charge in [0.1, 0.15) is 5.82 Å². The quantitative estimate of drug-likeness (QED) is 0.442. The molecule has 0 aliphatic heterocycles. The molecule has 0 saturated carbocycles. The molecule has 3 rings (SSSR count). The van der Waals surface area contributed by atoms with Crippen LogP contribution in [0.1, 0.15) is 17.3 Å². The Morgan fingerprint density at radius 1 is 1.16 bits per heavy atom.